The minimum atomic E-state index is 0.425. The molecule has 0 amide bonds. The summed E-state index contributed by atoms with van der Waals surface area (Å²) in [5, 5.41) is 0. The van der Waals surface area contributed by atoms with Gasteiger partial charge in [0.2, 0.25) is 0 Å². The van der Waals surface area contributed by atoms with Crippen LogP contribution < -0.4 is 10.5 Å². The first-order chi connectivity index (χ1) is 9.13. The molecule has 2 heteroatoms. The minimum absolute atomic E-state index is 0.425. The maximum absolute atomic E-state index is 6.00. The molecule has 2 nitrogen and oxygen atoms in total. The molecule has 0 unspecified atom stereocenters. The average Bonchev–Trinajstić information content (AvgIpc) is 2.49. The summed E-state index contributed by atoms with van der Waals surface area (Å²) < 4.78 is 5.38. The van der Waals surface area contributed by atoms with Gasteiger partial charge in [-0.05, 0) is 80.0 Å². The van der Waals surface area contributed by atoms with Gasteiger partial charge in [-0.1, -0.05) is 12.1 Å². The fourth-order valence-electron chi connectivity index (χ4n) is 4.21. The topological polar surface area (TPSA) is 35.2 Å². The van der Waals surface area contributed by atoms with E-state index in [0.717, 1.165) is 12.3 Å². The van der Waals surface area contributed by atoms with Crippen LogP contribution >= 0.6 is 0 Å². The van der Waals surface area contributed by atoms with Crippen LogP contribution in [0.5, 0.6) is 5.75 Å². The highest BCUT2D eigenvalue weighted by Gasteiger charge is 2.48. The van der Waals surface area contributed by atoms with Gasteiger partial charge in [-0.15, -0.1) is 0 Å². The van der Waals surface area contributed by atoms with E-state index in [1.807, 2.05) is 0 Å². The van der Waals surface area contributed by atoms with Crippen molar-refractivity contribution >= 4 is 0 Å². The molecule has 3 aliphatic rings. The van der Waals surface area contributed by atoms with E-state index in [4.69, 9.17) is 10.5 Å². The van der Waals surface area contributed by atoms with Crippen molar-refractivity contribution in [3.05, 3.63) is 29.3 Å². The highest BCUT2D eigenvalue weighted by molar-refractivity contribution is 5.40. The molecule has 3 saturated carbocycles. The van der Waals surface area contributed by atoms with Gasteiger partial charge in [-0.25, -0.2) is 0 Å². The van der Waals surface area contributed by atoms with Crippen LogP contribution in [0.15, 0.2) is 18.2 Å². The van der Waals surface area contributed by atoms with Gasteiger partial charge in [-0.3, -0.25) is 0 Å². The zero-order valence-electron chi connectivity index (χ0n) is 12.2. The summed E-state index contributed by atoms with van der Waals surface area (Å²) in [6, 6.07) is 6.77. The third-order valence-corrected chi connectivity index (χ3v) is 5.84. The molecular formula is C17H25NO. The Morgan fingerprint density at radius 1 is 1.11 bits per heavy atom. The van der Waals surface area contributed by atoms with Crippen molar-refractivity contribution in [3.8, 4) is 5.75 Å². The van der Waals surface area contributed by atoms with E-state index in [2.05, 4.69) is 25.1 Å². The van der Waals surface area contributed by atoms with Crippen LogP contribution in [0.25, 0.3) is 0 Å². The van der Waals surface area contributed by atoms with Crippen molar-refractivity contribution in [3.63, 3.8) is 0 Å². The molecule has 1 aromatic rings. The maximum Gasteiger partial charge on any atom is 0.121 e. The summed E-state index contributed by atoms with van der Waals surface area (Å²) in [7, 11) is 1.75. The molecule has 0 radical (unpaired) electrons. The van der Waals surface area contributed by atoms with Gasteiger partial charge in [0, 0.05) is 0 Å². The van der Waals surface area contributed by atoms with E-state index in [1.165, 1.54) is 49.7 Å². The van der Waals surface area contributed by atoms with Crippen molar-refractivity contribution in [1.82, 2.24) is 0 Å². The number of hydrogen-bond donors (Lipinski definition) is 1. The molecule has 2 N–H and O–H groups in total. The molecule has 2 bridgehead atoms. The largest absolute Gasteiger partial charge is 0.496 e. The fraction of sp³-hybridized carbons (Fsp3) is 0.647. The Morgan fingerprint density at radius 2 is 1.74 bits per heavy atom. The van der Waals surface area contributed by atoms with Crippen molar-refractivity contribution in [2.24, 2.45) is 11.1 Å². The van der Waals surface area contributed by atoms with E-state index in [-0.39, 0.29) is 0 Å². The summed E-state index contributed by atoms with van der Waals surface area (Å²) in [5.74, 6) is 1.00. The van der Waals surface area contributed by atoms with Crippen LogP contribution in [0.3, 0.4) is 0 Å². The van der Waals surface area contributed by atoms with Gasteiger partial charge in [0.25, 0.3) is 0 Å². The Balaban J connectivity index is 1.89. The second-order valence-corrected chi connectivity index (χ2v) is 6.67. The lowest BCUT2D eigenvalue weighted by atomic mass is 9.52. The molecule has 3 aliphatic carbocycles. The Labute approximate surface area is 116 Å². The second kappa shape index (κ2) is 4.52. The third-order valence-electron chi connectivity index (χ3n) is 5.84. The number of methoxy groups -OCH3 is 1. The fourth-order valence-corrected chi connectivity index (χ4v) is 4.21. The molecule has 19 heavy (non-hydrogen) atoms. The molecule has 104 valence electrons. The van der Waals surface area contributed by atoms with E-state index in [1.54, 1.807) is 7.11 Å². The zero-order valence-corrected chi connectivity index (χ0v) is 12.2. The molecule has 0 aromatic heterocycles. The van der Waals surface area contributed by atoms with Crippen LogP contribution in [0.2, 0.25) is 0 Å². The van der Waals surface area contributed by atoms with Crippen LogP contribution in [0.1, 0.15) is 49.7 Å². The van der Waals surface area contributed by atoms with Crippen LogP contribution in [0.4, 0.5) is 0 Å². The predicted molar refractivity (Wildman–Crippen MR) is 78.6 cm³/mol. The molecular weight excluding hydrogens is 234 g/mol. The van der Waals surface area contributed by atoms with Gasteiger partial charge in [0.05, 0.1) is 7.11 Å². The van der Waals surface area contributed by atoms with E-state index < -0.39 is 0 Å². The highest BCUT2D eigenvalue weighted by Crippen LogP contribution is 2.57. The predicted octanol–water partition coefficient (Wildman–Crippen LogP) is 3.55. The van der Waals surface area contributed by atoms with E-state index in [9.17, 15) is 0 Å². The number of fused-ring (bicyclic) bond motifs is 3. The highest BCUT2D eigenvalue weighted by atomic mass is 16.5. The van der Waals surface area contributed by atoms with Gasteiger partial charge >= 0.3 is 0 Å². The molecule has 3 fully saturated rings. The smallest absolute Gasteiger partial charge is 0.121 e. The Bertz CT molecular complexity index is 456. The Hall–Kier alpha value is -1.02. The molecule has 0 heterocycles. The van der Waals surface area contributed by atoms with Gasteiger partial charge in [-0.2, -0.15) is 0 Å². The van der Waals surface area contributed by atoms with Crippen LogP contribution in [-0.4, -0.2) is 13.7 Å². The van der Waals surface area contributed by atoms with Crippen LogP contribution in [0, 0.1) is 12.3 Å². The van der Waals surface area contributed by atoms with Gasteiger partial charge in [0.15, 0.2) is 0 Å². The zero-order chi connectivity index (χ0) is 13.5. The number of ether oxygens (including phenoxy) is 1. The lowest BCUT2D eigenvalue weighted by molar-refractivity contribution is 0.0471. The first-order valence-corrected chi connectivity index (χ1v) is 7.48. The van der Waals surface area contributed by atoms with Crippen molar-refractivity contribution in [1.29, 1.82) is 0 Å². The van der Waals surface area contributed by atoms with Crippen molar-refractivity contribution < 1.29 is 4.74 Å². The number of aryl methyl sites for hydroxylation is 1. The maximum atomic E-state index is 6.00. The SMILES string of the molecule is COc1ccc(C23CCC(CN)(CC2)CC3)cc1C. The standard InChI is InChI=1S/C17H25NO/c1-13-11-14(3-4-15(13)19-2)17-8-5-16(12-18,6-9-17)7-10-17/h3-4,11H,5-10,12,18H2,1-2H3. The molecule has 0 atom stereocenters. The summed E-state index contributed by atoms with van der Waals surface area (Å²) in [4.78, 5) is 0. The average molecular weight is 259 g/mol. The van der Waals surface area contributed by atoms with Gasteiger partial charge in [0.1, 0.15) is 5.75 Å². The van der Waals surface area contributed by atoms with Crippen molar-refractivity contribution in [2.45, 2.75) is 50.9 Å². The molecule has 0 saturated heterocycles. The summed E-state index contributed by atoms with van der Waals surface area (Å²) in [6.45, 7) is 3.03. The van der Waals surface area contributed by atoms with E-state index in [0.29, 0.717) is 10.8 Å². The Morgan fingerprint density at radius 3 is 2.21 bits per heavy atom. The number of benzene rings is 1. The molecule has 4 rings (SSSR count). The second-order valence-electron chi connectivity index (χ2n) is 6.67. The number of nitrogens with two attached hydrogens (primary N) is 1. The lowest BCUT2D eigenvalue weighted by Crippen LogP contribution is -2.47. The van der Waals surface area contributed by atoms with E-state index >= 15 is 0 Å². The third kappa shape index (κ3) is 1.97. The van der Waals surface area contributed by atoms with Crippen LogP contribution in [-0.2, 0) is 5.41 Å². The van der Waals surface area contributed by atoms with Crippen molar-refractivity contribution in [2.75, 3.05) is 13.7 Å². The monoisotopic (exact) mass is 259 g/mol. The summed E-state index contributed by atoms with van der Waals surface area (Å²) in [5.41, 5.74) is 9.68. The minimum Gasteiger partial charge on any atom is -0.496 e. The first kappa shape index (κ1) is 13.0. The summed E-state index contributed by atoms with van der Waals surface area (Å²) >= 11 is 0. The molecule has 0 aliphatic heterocycles. The first-order valence-electron chi connectivity index (χ1n) is 7.48. The molecule has 0 spiro atoms. The quantitative estimate of drug-likeness (QED) is 0.901. The lowest BCUT2D eigenvalue weighted by Gasteiger charge is -2.53. The van der Waals surface area contributed by atoms with Gasteiger partial charge < -0.3 is 10.5 Å². The number of hydrogen-bond acceptors (Lipinski definition) is 2. The summed E-state index contributed by atoms with van der Waals surface area (Å²) in [6.07, 6.45) is 7.89. The Kier molecular flexibility index (Phi) is 3.09. The normalized spacial score (nSPS) is 33.4. The number of rotatable bonds is 3. The molecule has 1 aromatic carbocycles.